The summed E-state index contributed by atoms with van der Waals surface area (Å²) in [4.78, 5) is 65.7. The second-order valence-corrected chi connectivity index (χ2v) is 16.4. The number of aliphatic hydroxyl groups is 2. The van der Waals surface area contributed by atoms with Crippen LogP contribution >= 0.6 is 0 Å². The van der Waals surface area contributed by atoms with Crippen LogP contribution in [0.2, 0.25) is 0 Å². The summed E-state index contributed by atoms with van der Waals surface area (Å²) in [5, 5.41) is 45.0. The highest BCUT2D eigenvalue weighted by Crippen LogP contribution is 2.29. The first kappa shape index (κ1) is 51.2. The van der Waals surface area contributed by atoms with E-state index in [9.17, 15) is 34.2 Å². The van der Waals surface area contributed by atoms with Crippen LogP contribution < -0.4 is 70.2 Å². The number of primary amides is 2. The van der Waals surface area contributed by atoms with Gasteiger partial charge in [0.1, 0.15) is 48.3 Å². The number of benzene rings is 1. The molecular weight excluding hydrogens is 871 g/mol. The number of ether oxygens (including phenoxy) is 6. The van der Waals surface area contributed by atoms with Crippen LogP contribution in [0.25, 0.3) is 6.08 Å². The van der Waals surface area contributed by atoms with Gasteiger partial charge in [-0.2, -0.15) is 0 Å². The average molecular weight is 936 g/mol. The number of alkyl carbamates (subject to hydrolysis) is 1. The Balaban J connectivity index is 1.11. The van der Waals surface area contributed by atoms with Crippen LogP contribution in [-0.2, 0) is 28.5 Å². The van der Waals surface area contributed by atoms with Crippen molar-refractivity contribution >= 4 is 42.1 Å². The molecule has 18 N–H and O–H groups in total. The van der Waals surface area contributed by atoms with Crippen LogP contribution in [0, 0.1) is 0 Å². The van der Waals surface area contributed by atoms with Crippen molar-refractivity contribution in [3.63, 3.8) is 0 Å². The molecule has 0 saturated carbocycles. The van der Waals surface area contributed by atoms with E-state index in [-0.39, 0.29) is 19.1 Å². The van der Waals surface area contributed by atoms with Crippen LogP contribution in [-0.4, -0.2) is 171 Å². The number of guanidine groups is 1. The minimum Gasteiger partial charge on any atom is -0.462 e. The van der Waals surface area contributed by atoms with Crippen LogP contribution in [0.4, 0.5) is 19.2 Å². The van der Waals surface area contributed by atoms with Crippen molar-refractivity contribution in [1.29, 1.82) is 0 Å². The Bertz CT molecular complexity index is 1840. The predicted molar refractivity (Wildman–Crippen MR) is 235 cm³/mol. The molecule has 4 saturated heterocycles. The number of aliphatic hydroxyl groups excluding tert-OH is 2. The van der Waals surface area contributed by atoms with Crippen LogP contribution in [0.1, 0.15) is 45.6 Å². The minimum absolute atomic E-state index is 0.127. The van der Waals surface area contributed by atoms with Crippen molar-refractivity contribution in [1.82, 2.24) is 42.5 Å². The Labute approximate surface area is 381 Å². The lowest BCUT2D eigenvalue weighted by atomic mass is 9.95. The van der Waals surface area contributed by atoms with Gasteiger partial charge in [-0.05, 0) is 69.6 Å². The molecule has 368 valence electrons. The summed E-state index contributed by atoms with van der Waals surface area (Å²) in [7, 11) is 0. The quantitative estimate of drug-likeness (QED) is 0.0245. The van der Waals surface area contributed by atoms with Crippen molar-refractivity contribution < 1.29 is 62.6 Å². The largest absolute Gasteiger partial charge is 0.462 e. The number of carbonyl (C=O) groups is 5. The van der Waals surface area contributed by atoms with Gasteiger partial charge in [0.05, 0.1) is 31.4 Å². The maximum absolute atomic E-state index is 13.5. The van der Waals surface area contributed by atoms with Crippen molar-refractivity contribution in [2.45, 2.75) is 126 Å². The van der Waals surface area contributed by atoms with Crippen LogP contribution in [0.15, 0.2) is 35.3 Å². The molecule has 4 fully saturated rings. The molecular formula is C40H65N13O13. The maximum atomic E-state index is 13.5. The van der Waals surface area contributed by atoms with E-state index in [2.05, 4.69) is 61.4 Å². The molecule has 0 spiro atoms. The van der Waals surface area contributed by atoms with Gasteiger partial charge >= 0.3 is 24.2 Å². The molecule has 66 heavy (non-hydrogen) atoms. The summed E-state index contributed by atoms with van der Waals surface area (Å²) in [5.41, 5.74) is 22.9. The van der Waals surface area contributed by atoms with Crippen molar-refractivity contribution in [2.24, 2.45) is 27.9 Å². The Hall–Kier alpha value is -5.74. The van der Waals surface area contributed by atoms with Gasteiger partial charge in [-0.3, -0.25) is 4.79 Å². The Morgan fingerprint density at radius 3 is 2.26 bits per heavy atom. The van der Waals surface area contributed by atoms with Gasteiger partial charge in [-0.25, -0.2) is 24.2 Å². The van der Waals surface area contributed by atoms with Gasteiger partial charge < -0.3 is 104 Å². The SMILES string of the molecule is CC(C)NCCCCNCCCNC(=O)/C=C/c1ccc(O[C@H]2O[C@H](C)[C@@H](NC(=O)N[C@H]3OC[C@@H](OC4OC[C@@H]5OC(=O)N[C@H]5[C@@H]4NC(N)=O)[C@H](O)[C@H]3NC(N)=O)[C@H](O)[C@H]2N=C(N)N)cc1. The molecule has 13 atom stereocenters. The molecule has 26 nitrogen and oxygen atoms in total. The number of amides is 8. The number of hydrogen-bond acceptors (Lipinski definition) is 16. The maximum Gasteiger partial charge on any atom is 0.407 e. The number of nitrogens with one attached hydrogen (secondary N) is 8. The lowest BCUT2D eigenvalue weighted by Crippen LogP contribution is -2.70. The first-order valence-electron chi connectivity index (χ1n) is 21.8. The van der Waals surface area contributed by atoms with E-state index in [1.807, 2.05) is 0 Å². The Morgan fingerprint density at radius 2 is 1.56 bits per heavy atom. The fraction of sp³-hybridized carbons (Fsp3) is 0.650. The third kappa shape index (κ3) is 15.2. The zero-order valence-corrected chi connectivity index (χ0v) is 37.1. The number of fused-ring (bicyclic) bond motifs is 1. The standard InChI is InChI=1S/C40H65N13O13/c1-19(2)46-15-5-4-13-45-14-6-16-47-25(54)12-9-21-7-10-22(11-8-21)64-35-30(48-36(41)42)32(56)26(20(3)63-35)51-39(59)53-33-29(50-38(44)58)31(55)24(18-61-33)65-34-28(49-37(43)57)27-23(17-62-34)66-40(60)52-27/h7-12,19-20,23-24,26-35,45-46,55-56H,4-6,13-18H2,1-3H3,(H,47,54)(H,52,60)(H4,41,42,48)(H3,43,49,57)(H3,44,50,58)(H2,51,53,59)/b12-9+/t20-,23+,24-,26-,27-,28+,29-,30-,31+,32+,33+,34?,35-/m1/s1. The van der Waals surface area contributed by atoms with E-state index in [1.54, 1.807) is 37.3 Å². The van der Waals surface area contributed by atoms with E-state index < -0.39 is 110 Å². The first-order valence-corrected chi connectivity index (χ1v) is 21.8. The summed E-state index contributed by atoms with van der Waals surface area (Å²) in [6.45, 7) is 8.58. The van der Waals surface area contributed by atoms with Crippen molar-refractivity contribution in [2.75, 3.05) is 39.4 Å². The third-order valence-corrected chi connectivity index (χ3v) is 10.9. The van der Waals surface area contributed by atoms with Crippen molar-refractivity contribution in [3.05, 3.63) is 35.9 Å². The number of aliphatic imine (C=N–C) groups is 1. The molecule has 0 aromatic heterocycles. The van der Waals surface area contributed by atoms with Gasteiger partial charge in [-0.15, -0.1) is 0 Å². The number of rotatable bonds is 21. The van der Waals surface area contributed by atoms with Gasteiger partial charge in [0.15, 0.2) is 18.5 Å². The third-order valence-electron chi connectivity index (χ3n) is 10.9. The Morgan fingerprint density at radius 1 is 0.864 bits per heavy atom. The average Bonchev–Trinajstić information content (AvgIpc) is 3.64. The van der Waals surface area contributed by atoms with E-state index in [0.717, 1.165) is 38.9 Å². The molecule has 8 amide bonds. The Kier molecular flexibility index (Phi) is 19.2. The van der Waals surface area contributed by atoms with Gasteiger partial charge in [0, 0.05) is 18.7 Å². The lowest BCUT2D eigenvalue weighted by molar-refractivity contribution is -0.260. The highest BCUT2D eigenvalue weighted by atomic mass is 16.7. The number of unbranched alkanes of at least 4 members (excludes halogenated alkanes) is 1. The summed E-state index contributed by atoms with van der Waals surface area (Å²) in [6, 6.07) is -1.43. The fourth-order valence-corrected chi connectivity index (χ4v) is 7.70. The van der Waals surface area contributed by atoms with Crippen LogP contribution in [0.3, 0.4) is 0 Å². The smallest absolute Gasteiger partial charge is 0.407 e. The van der Waals surface area contributed by atoms with Gasteiger partial charge in [0.25, 0.3) is 0 Å². The minimum atomic E-state index is -1.60. The fourth-order valence-electron chi connectivity index (χ4n) is 7.70. The molecule has 0 radical (unpaired) electrons. The molecule has 1 aromatic carbocycles. The number of hydrogen-bond donors (Lipinski definition) is 14. The second kappa shape index (κ2) is 24.7. The highest BCUT2D eigenvalue weighted by molar-refractivity contribution is 5.91. The summed E-state index contributed by atoms with van der Waals surface area (Å²) in [5.74, 6) is -0.299. The zero-order valence-electron chi connectivity index (χ0n) is 37.1. The molecule has 26 heteroatoms. The van der Waals surface area contributed by atoms with E-state index >= 15 is 0 Å². The molecule has 5 rings (SSSR count). The summed E-state index contributed by atoms with van der Waals surface area (Å²) < 4.78 is 34.7. The number of nitrogens with two attached hydrogens (primary N) is 4. The van der Waals surface area contributed by atoms with Crippen LogP contribution in [0.5, 0.6) is 5.75 Å². The van der Waals surface area contributed by atoms with E-state index in [4.69, 9.17) is 51.4 Å². The molecule has 1 unspecified atom stereocenters. The molecule has 0 aliphatic carbocycles. The summed E-state index contributed by atoms with van der Waals surface area (Å²) in [6.07, 6.45) is -4.59. The molecule has 4 aliphatic rings. The van der Waals surface area contributed by atoms with Gasteiger partial charge in [0.2, 0.25) is 12.2 Å². The molecule has 0 bridgehead atoms. The normalized spacial score (nSPS) is 30.6. The number of carbonyl (C=O) groups excluding carboxylic acids is 5. The zero-order chi connectivity index (χ0) is 47.9. The van der Waals surface area contributed by atoms with E-state index in [0.29, 0.717) is 23.9 Å². The number of urea groups is 3. The molecule has 4 heterocycles. The topological polar surface area (TPSA) is 394 Å². The predicted octanol–water partition coefficient (Wildman–Crippen LogP) is -3.62. The monoisotopic (exact) mass is 935 g/mol. The molecule has 1 aromatic rings. The highest BCUT2D eigenvalue weighted by Gasteiger charge is 2.51. The second-order valence-electron chi connectivity index (χ2n) is 16.4. The molecule has 4 aliphatic heterocycles. The summed E-state index contributed by atoms with van der Waals surface area (Å²) >= 11 is 0. The number of nitrogens with zero attached hydrogens (tertiary/aromatic N) is 1. The van der Waals surface area contributed by atoms with E-state index in [1.165, 1.54) is 6.08 Å². The van der Waals surface area contributed by atoms with Crippen molar-refractivity contribution in [3.8, 4) is 5.75 Å². The lowest BCUT2D eigenvalue weighted by Gasteiger charge is -2.44. The van der Waals surface area contributed by atoms with Gasteiger partial charge in [-0.1, -0.05) is 26.0 Å². The first-order chi connectivity index (χ1) is 31.5.